The van der Waals surface area contributed by atoms with E-state index in [4.69, 9.17) is 10.9 Å². The van der Waals surface area contributed by atoms with Gasteiger partial charge in [0.05, 0.1) is 11.7 Å². The largest absolute Gasteiger partial charge is 0.271 e. The number of nitrogens with two attached hydrogens (primary N) is 1. The van der Waals surface area contributed by atoms with Crippen molar-refractivity contribution in [2.75, 3.05) is 11.5 Å². The van der Waals surface area contributed by atoms with E-state index in [-0.39, 0.29) is 0 Å². The lowest BCUT2D eigenvalue weighted by Gasteiger charge is -2.15. The van der Waals surface area contributed by atoms with Crippen LogP contribution in [0.3, 0.4) is 0 Å². The maximum atomic E-state index is 5.67. The molecule has 0 radical (unpaired) electrons. The molecule has 1 aliphatic carbocycles. The first kappa shape index (κ1) is 15.9. The summed E-state index contributed by atoms with van der Waals surface area (Å²) in [5.41, 5.74) is 4.09. The van der Waals surface area contributed by atoms with Gasteiger partial charge in [0.25, 0.3) is 0 Å². The first-order chi connectivity index (χ1) is 9.69. The summed E-state index contributed by atoms with van der Waals surface area (Å²) in [6.07, 6.45) is 8.31. The third kappa shape index (κ3) is 4.79. The number of hydrogen-bond donors (Lipinski definition) is 2. The van der Waals surface area contributed by atoms with Gasteiger partial charge < -0.3 is 0 Å². The number of hydrogen-bond acceptors (Lipinski definition) is 4. The van der Waals surface area contributed by atoms with Crippen molar-refractivity contribution in [3.63, 3.8) is 0 Å². The average Bonchev–Trinajstić information content (AvgIpc) is 3.07. The number of thioether (sulfide) groups is 1. The summed E-state index contributed by atoms with van der Waals surface area (Å²) >= 11 is 1.97. The molecule has 1 saturated carbocycles. The van der Waals surface area contributed by atoms with Gasteiger partial charge in [-0.25, -0.2) is 0 Å². The van der Waals surface area contributed by atoms with Gasteiger partial charge in [-0.05, 0) is 30.6 Å². The van der Waals surface area contributed by atoms with Crippen LogP contribution in [-0.4, -0.2) is 27.3 Å². The Labute approximate surface area is 126 Å². The van der Waals surface area contributed by atoms with Crippen LogP contribution in [0.15, 0.2) is 12.3 Å². The normalized spacial score (nSPS) is 18.0. The summed E-state index contributed by atoms with van der Waals surface area (Å²) in [4.78, 5) is 0. The summed E-state index contributed by atoms with van der Waals surface area (Å²) in [7, 11) is 0. The first-order valence-electron chi connectivity index (χ1n) is 7.77. The van der Waals surface area contributed by atoms with Crippen molar-refractivity contribution in [1.29, 1.82) is 0 Å². The van der Waals surface area contributed by atoms with Crippen LogP contribution in [0.2, 0.25) is 0 Å². The zero-order valence-electron chi connectivity index (χ0n) is 12.7. The third-order valence-electron chi connectivity index (χ3n) is 3.82. The monoisotopic (exact) mass is 296 g/mol. The molecule has 0 saturated heterocycles. The molecule has 1 aromatic rings. The molecule has 0 spiro atoms. The van der Waals surface area contributed by atoms with Crippen LogP contribution in [0.4, 0.5) is 0 Å². The van der Waals surface area contributed by atoms with Crippen LogP contribution in [0.1, 0.15) is 51.3 Å². The Kier molecular flexibility index (Phi) is 6.39. The molecule has 1 heterocycles. The highest BCUT2D eigenvalue weighted by atomic mass is 32.2. The number of rotatable bonds is 8. The Morgan fingerprint density at radius 3 is 2.80 bits per heavy atom. The zero-order valence-corrected chi connectivity index (χ0v) is 13.5. The third-order valence-corrected chi connectivity index (χ3v) is 5.36. The van der Waals surface area contributed by atoms with E-state index in [1.807, 2.05) is 11.8 Å². The number of nitrogens with zero attached hydrogens (tertiary/aromatic N) is 2. The van der Waals surface area contributed by atoms with Gasteiger partial charge in [-0.15, -0.1) is 0 Å². The highest BCUT2D eigenvalue weighted by Crippen LogP contribution is 2.28. The molecule has 20 heavy (non-hydrogen) atoms. The lowest BCUT2D eigenvalue weighted by atomic mass is 10.2. The molecule has 1 unspecified atom stereocenters. The van der Waals surface area contributed by atoms with Gasteiger partial charge in [-0.1, -0.05) is 26.7 Å². The molecule has 114 valence electrons. The Morgan fingerprint density at radius 2 is 2.15 bits per heavy atom. The van der Waals surface area contributed by atoms with Crippen molar-refractivity contribution in [1.82, 2.24) is 15.2 Å². The van der Waals surface area contributed by atoms with Crippen molar-refractivity contribution >= 4 is 11.8 Å². The number of nitrogens with one attached hydrogen (secondary N) is 1. The van der Waals surface area contributed by atoms with Gasteiger partial charge in [0, 0.05) is 24.4 Å². The number of aromatic nitrogens is 2. The Bertz CT molecular complexity index is 385. The molecule has 0 aliphatic heterocycles. The molecule has 2 rings (SSSR count). The maximum Gasteiger partial charge on any atom is 0.0641 e. The second-order valence-electron chi connectivity index (χ2n) is 6.22. The Morgan fingerprint density at radius 1 is 1.40 bits per heavy atom. The van der Waals surface area contributed by atoms with Crippen LogP contribution >= 0.6 is 11.8 Å². The van der Waals surface area contributed by atoms with E-state index in [9.17, 15) is 0 Å². The van der Waals surface area contributed by atoms with E-state index < -0.39 is 0 Å². The minimum absolute atomic E-state index is 0.311. The predicted octanol–water partition coefficient (Wildman–Crippen LogP) is 2.76. The average molecular weight is 296 g/mol. The molecule has 1 fully saturated rings. The van der Waals surface area contributed by atoms with Crippen molar-refractivity contribution in [3.05, 3.63) is 18.0 Å². The summed E-state index contributed by atoms with van der Waals surface area (Å²) in [6, 6.07) is 3.09. The van der Waals surface area contributed by atoms with Gasteiger partial charge in [0.15, 0.2) is 0 Å². The molecule has 3 N–H and O–H groups in total. The van der Waals surface area contributed by atoms with Crippen LogP contribution in [-0.2, 0) is 6.42 Å². The van der Waals surface area contributed by atoms with Gasteiger partial charge in [-0.2, -0.15) is 16.9 Å². The summed E-state index contributed by atoms with van der Waals surface area (Å²) in [6.45, 7) is 4.50. The van der Waals surface area contributed by atoms with Crippen LogP contribution in [0, 0.1) is 5.92 Å². The summed E-state index contributed by atoms with van der Waals surface area (Å²) in [5, 5.41) is 4.74. The second kappa shape index (κ2) is 8.05. The standard InChI is InChI=1S/C15H28N4S/c1-12(2)10-20-11-14(17-16)9-13-7-8-19(18-13)15-5-3-4-6-15/h7-8,12,14-15,17H,3-6,9-11,16H2,1-2H3. The molecule has 0 amide bonds. The lowest BCUT2D eigenvalue weighted by molar-refractivity contribution is 0.459. The summed E-state index contributed by atoms with van der Waals surface area (Å²) in [5.74, 6) is 8.64. The van der Waals surface area contributed by atoms with E-state index in [0.717, 1.165) is 23.8 Å². The second-order valence-corrected chi connectivity index (χ2v) is 7.30. The van der Waals surface area contributed by atoms with E-state index in [2.05, 4.69) is 36.2 Å². The zero-order chi connectivity index (χ0) is 14.4. The maximum absolute atomic E-state index is 5.67. The Balaban J connectivity index is 1.81. The van der Waals surface area contributed by atoms with Crippen molar-refractivity contribution in [2.45, 2.75) is 58.0 Å². The Hall–Kier alpha value is -0.520. The fourth-order valence-corrected chi connectivity index (χ4v) is 3.83. The van der Waals surface area contributed by atoms with Crippen LogP contribution in [0.5, 0.6) is 0 Å². The van der Waals surface area contributed by atoms with E-state index in [1.54, 1.807) is 0 Å². The lowest BCUT2D eigenvalue weighted by Crippen LogP contribution is -2.39. The van der Waals surface area contributed by atoms with E-state index >= 15 is 0 Å². The van der Waals surface area contributed by atoms with Crippen molar-refractivity contribution < 1.29 is 0 Å². The number of hydrazine groups is 1. The van der Waals surface area contributed by atoms with Gasteiger partial charge in [-0.3, -0.25) is 16.0 Å². The fourth-order valence-electron chi connectivity index (χ4n) is 2.72. The van der Waals surface area contributed by atoms with Crippen LogP contribution < -0.4 is 11.3 Å². The molecule has 1 aliphatic rings. The molecule has 0 bridgehead atoms. The molecule has 0 aromatic carbocycles. The fraction of sp³-hybridized carbons (Fsp3) is 0.800. The summed E-state index contributed by atoms with van der Waals surface area (Å²) < 4.78 is 2.16. The topological polar surface area (TPSA) is 55.9 Å². The molecule has 4 nitrogen and oxygen atoms in total. The quantitative estimate of drug-likeness (QED) is 0.572. The molecular formula is C15H28N4S. The highest BCUT2D eigenvalue weighted by molar-refractivity contribution is 7.99. The highest BCUT2D eigenvalue weighted by Gasteiger charge is 2.18. The van der Waals surface area contributed by atoms with Crippen molar-refractivity contribution in [3.8, 4) is 0 Å². The molecule has 1 aromatic heterocycles. The SMILES string of the molecule is CC(C)CSCC(Cc1ccn(C2CCCC2)n1)NN. The molecular weight excluding hydrogens is 268 g/mol. The first-order valence-corrected chi connectivity index (χ1v) is 8.92. The van der Waals surface area contributed by atoms with Gasteiger partial charge >= 0.3 is 0 Å². The van der Waals surface area contributed by atoms with Crippen molar-refractivity contribution in [2.24, 2.45) is 11.8 Å². The smallest absolute Gasteiger partial charge is 0.0641 e. The van der Waals surface area contributed by atoms with E-state index in [1.165, 1.54) is 31.4 Å². The molecule has 1 atom stereocenters. The van der Waals surface area contributed by atoms with Gasteiger partial charge in [0.2, 0.25) is 0 Å². The van der Waals surface area contributed by atoms with Gasteiger partial charge in [0.1, 0.15) is 0 Å². The van der Waals surface area contributed by atoms with Crippen LogP contribution in [0.25, 0.3) is 0 Å². The predicted molar refractivity (Wildman–Crippen MR) is 86.7 cm³/mol. The van der Waals surface area contributed by atoms with E-state index in [0.29, 0.717) is 12.1 Å². The minimum Gasteiger partial charge on any atom is -0.271 e. The minimum atomic E-state index is 0.311. The molecule has 5 heteroatoms.